The molecule has 1 saturated carbocycles. The van der Waals surface area contributed by atoms with Crippen LogP contribution in [0.2, 0.25) is 0 Å². The van der Waals surface area contributed by atoms with Crippen LogP contribution in [0.4, 0.5) is 5.69 Å². The van der Waals surface area contributed by atoms with Crippen LogP contribution < -0.4 is 0 Å². The van der Waals surface area contributed by atoms with Crippen molar-refractivity contribution >= 4 is 17.5 Å². The molecule has 1 aliphatic carbocycles. The minimum absolute atomic E-state index is 0.0486. The number of fused-ring (bicyclic) bond motifs is 2. The van der Waals surface area contributed by atoms with Gasteiger partial charge in [-0.25, -0.2) is 9.78 Å². The highest BCUT2D eigenvalue weighted by atomic mass is 17.3. The van der Waals surface area contributed by atoms with Crippen LogP contribution >= 0.6 is 0 Å². The van der Waals surface area contributed by atoms with Crippen LogP contribution in [0.3, 0.4) is 0 Å². The Balaban J connectivity index is 1.52. The number of nitrogens with zero attached hydrogens (tertiary/aromatic N) is 2. The van der Waals surface area contributed by atoms with E-state index in [9.17, 15) is 19.7 Å². The number of nitro benzene ring substituents is 1. The van der Waals surface area contributed by atoms with E-state index < -0.39 is 34.4 Å². The normalized spacial score (nSPS) is 40.5. The van der Waals surface area contributed by atoms with Gasteiger partial charge in [0.1, 0.15) is 0 Å². The maximum Gasteiger partial charge on any atom is 0.269 e. The summed E-state index contributed by atoms with van der Waals surface area (Å²) in [5.74, 6) is -1.71. The second-order valence-electron chi connectivity index (χ2n) is 9.92. The van der Waals surface area contributed by atoms with E-state index in [-0.39, 0.29) is 29.9 Å². The van der Waals surface area contributed by atoms with E-state index >= 15 is 0 Å². The van der Waals surface area contributed by atoms with Crippen LogP contribution in [0.25, 0.3) is 0 Å². The Hall–Kier alpha value is -2.36. The number of carbonyl (C=O) groups is 2. The Bertz CT molecular complexity index is 966. The zero-order valence-electron chi connectivity index (χ0n) is 18.5. The fourth-order valence-electron chi connectivity index (χ4n) is 6.31. The quantitative estimate of drug-likeness (QED) is 0.400. The smallest absolute Gasteiger partial charge is 0.269 e. The first-order valence-corrected chi connectivity index (χ1v) is 11.3. The van der Waals surface area contributed by atoms with Gasteiger partial charge in [-0.15, -0.1) is 0 Å². The maximum absolute atomic E-state index is 13.5. The monoisotopic (exact) mass is 444 g/mol. The van der Waals surface area contributed by atoms with Crippen LogP contribution in [-0.4, -0.2) is 39.3 Å². The molecule has 5 fully saturated rings. The van der Waals surface area contributed by atoms with Crippen molar-refractivity contribution in [2.45, 2.75) is 70.5 Å². The molecule has 7 atom stereocenters. The molecular weight excluding hydrogens is 416 g/mol. The summed E-state index contributed by atoms with van der Waals surface area (Å²) in [6, 6.07) is 5.81. The second-order valence-corrected chi connectivity index (χ2v) is 9.92. The van der Waals surface area contributed by atoms with Crippen molar-refractivity contribution in [3.8, 4) is 0 Å². The summed E-state index contributed by atoms with van der Waals surface area (Å²) >= 11 is 0. The number of ether oxygens (including phenoxy) is 1. The summed E-state index contributed by atoms with van der Waals surface area (Å²) in [6.07, 6.45) is 2.37. The molecule has 2 amide bonds. The summed E-state index contributed by atoms with van der Waals surface area (Å²) in [7, 11) is 0. The molecule has 1 aromatic carbocycles. The summed E-state index contributed by atoms with van der Waals surface area (Å²) in [5.41, 5.74) is -0.338. The van der Waals surface area contributed by atoms with E-state index in [1.165, 1.54) is 17.0 Å². The third kappa shape index (κ3) is 3.02. The highest BCUT2D eigenvalue weighted by molar-refractivity contribution is 5.98. The van der Waals surface area contributed by atoms with Crippen molar-refractivity contribution in [3.63, 3.8) is 0 Å². The topological polar surface area (TPSA) is 108 Å². The van der Waals surface area contributed by atoms with Crippen molar-refractivity contribution in [3.05, 3.63) is 39.9 Å². The largest absolute Gasteiger partial charge is 0.320 e. The van der Waals surface area contributed by atoms with Gasteiger partial charge in [0, 0.05) is 30.4 Å². The standard InChI is InChI=1S/C23H28N2O7/c1-13-4-9-18-14(2)20(27)24(19(26)12-15-5-7-16(8-6-15)25(28)29)21-23(18)17(13)10-11-22(3,30-21)31-32-23/h5-8,13-14,17-18,21H,4,9-12H2,1-3H3/t13-,14-,17+,18+,21-,22+,23-/m1/s1. The van der Waals surface area contributed by atoms with E-state index in [1.807, 2.05) is 6.92 Å². The zero-order valence-corrected chi connectivity index (χ0v) is 18.5. The number of carbonyl (C=O) groups excluding carboxylic acids is 2. The second kappa shape index (κ2) is 7.33. The number of non-ortho nitro benzene ring substituents is 1. The molecule has 5 aliphatic rings. The third-order valence-electron chi connectivity index (χ3n) is 8.03. The SMILES string of the molecule is C[C@@H]1CC[C@H]2[C@@H](C)C(=O)N(C(=O)Cc3ccc([N+](=O)[O-])cc3)[C@@H]3O[C@]4(C)CC[C@@H]1[C@@]23OO4. The number of imide groups is 1. The average molecular weight is 444 g/mol. The van der Waals surface area contributed by atoms with Gasteiger partial charge in [-0.05, 0) is 43.6 Å². The molecule has 0 N–H and O–H groups in total. The van der Waals surface area contributed by atoms with Gasteiger partial charge in [0.2, 0.25) is 17.6 Å². The molecule has 4 aliphatic heterocycles. The minimum atomic E-state index is -1.02. The molecule has 0 aromatic heterocycles. The minimum Gasteiger partial charge on any atom is -0.320 e. The van der Waals surface area contributed by atoms with Gasteiger partial charge in [0.15, 0.2) is 11.8 Å². The molecule has 6 rings (SSSR count). The molecule has 9 nitrogen and oxygen atoms in total. The van der Waals surface area contributed by atoms with Crippen molar-refractivity contribution in [2.75, 3.05) is 0 Å². The lowest BCUT2D eigenvalue weighted by atomic mass is 9.57. The maximum atomic E-state index is 13.5. The number of nitro groups is 1. The fourth-order valence-corrected chi connectivity index (χ4v) is 6.31. The third-order valence-corrected chi connectivity index (χ3v) is 8.03. The number of amides is 2. The number of hydrogen-bond acceptors (Lipinski definition) is 7. The van der Waals surface area contributed by atoms with Gasteiger partial charge in [-0.2, -0.15) is 0 Å². The molecule has 4 heterocycles. The Labute approximate surface area is 186 Å². The predicted octanol–water partition coefficient (Wildman–Crippen LogP) is 3.36. The molecule has 1 spiro atoms. The molecule has 1 aromatic rings. The Morgan fingerprint density at radius 1 is 1.16 bits per heavy atom. The van der Waals surface area contributed by atoms with E-state index in [4.69, 9.17) is 14.5 Å². The lowest BCUT2D eigenvalue weighted by molar-refractivity contribution is -0.545. The summed E-state index contributed by atoms with van der Waals surface area (Å²) in [4.78, 5) is 50.6. The van der Waals surface area contributed by atoms with Crippen LogP contribution in [0.1, 0.15) is 52.0 Å². The molecule has 172 valence electrons. The van der Waals surface area contributed by atoms with E-state index in [1.54, 1.807) is 19.1 Å². The zero-order chi connectivity index (χ0) is 22.8. The van der Waals surface area contributed by atoms with Gasteiger partial charge in [-0.1, -0.05) is 26.0 Å². The Morgan fingerprint density at radius 2 is 1.88 bits per heavy atom. The molecule has 2 bridgehead atoms. The Morgan fingerprint density at radius 3 is 2.56 bits per heavy atom. The van der Waals surface area contributed by atoms with Gasteiger partial charge in [0.05, 0.1) is 11.3 Å². The number of piperidine rings is 1. The van der Waals surface area contributed by atoms with Crippen molar-refractivity contribution < 1.29 is 29.0 Å². The van der Waals surface area contributed by atoms with Gasteiger partial charge < -0.3 is 4.74 Å². The number of rotatable bonds is 3. The number of likely N-dealkylation sites (tertiary alicyclic amines) is 1. The fraction of sp³-hybridized carbons (Fsp3) is 0.652. The molecular formula is C23H28N2O7. The van der Waals surface area contributed by atoms with Gasteiger partial charge in [0.25, 0.3) is 5.69 Å². The van der Waals surface area contributed by atoms with Crippen LogP contribution in [0.15, 0.2) is 24.3 Å². The molecule has 0 unspecified atom stereocenters. The first-order chi connectivity index (χ1) is 15.2. The van der Waals surface area contributed by atoms with Gasteiger partial charge >= 0.3 is 0 Å². The summed E-state index contributed by atoms with van der Waals surface area (Å²) < 4.78 is 6.37. The van der Waals surface area contributed by atoms with Crippen molar-refractivity contribution in [1.82, 2.24) is 4.90 Å². The molecule has 9 heteroatoms. The number of benzene rings is 1. The highest BCUT2D eigenvalue weighted by Gasteiger charge is 2.71. The number of hydrogen-bond donors (Lipinski definition) is 0. The van der Waals surface area contributed by atoms with E-state index in [0.717, 1.165) is 19.3 Å². The average Bonchev–Trinajstić information content (AvgIpc) is 2.99. The summed E-state index contributed by atoms with van der Waals surface area (Å²) in [5, 5.41) is 10.9. The first kappa shape index (κ1) is 21.5. The van der Waals surface area contributed by atoms with Crippen LogP contribution in [0.5, 0.6) is 0 Å². The van der Waals surface area contributed by atoms with Crippen LogP contribution in [-0.2, 0) is 30.5 Å². The van der Waals surface area contributed by atoms with Crippen molar-refractivity contribution in [1.29, 1.82) is 0 Å². The van der Waals surface area contributed by atoms with E-state index in [2.05, 4.69) is 6.92 Å². The van der Waals surface area contributed by atoms with Crippen LogP contribution in [0, 0.1) is 33.8 Å². The van der Waals surface area contributed by atoms with Crippen molar-refractivity contribution in [2.24, 2.45) is 23.7 Å². The Kier molecular flexibility index (Phi) is 4.92. The lowest BCUT2D eigenvalue weighted by Crippen LogP contribution is -2.75. The molecule has 4 saturated heterocycles. The van der Waals surface area contributed by atoms with Gasteiger partial charge in [-0.3, -0.25) is 24.6 Å². The summed E-state index contributed by atoms with van der Waals surface area (Å²) in [6.45, 7) is 5.85. The predicted molar refractivity (Wildman–Crippen MR) is 111 cm³/mol. The molecule has 0 radical (unpaired) electrons. The molecule has 32 heavy (non-hydrogen) atoms. The lowest BCUT2D eigenvalue weighted by Gasteiger charge is -2.61. The first-order valence-electron chi connectivity index (χ1n) is 11.3. The van der Waals surface area contributed by atoms with E-state index in [0.29, 0.717) is 17.9 Å². The highest BCUT2D eigenvalue weighted by Crippen LogP contribution is 2.60.